The van der Waals surface area contributed by atoms with Crippen molar-refractivity contribution in [1.82, 2.24) is 0 Å². The number of benzene rings is 2. The lowest BCUT2D eigenvalue weighted by molar-refractivity contribution is -0.149. The number of alkyl halides is 7. The van der Waals surface area contributed by atoms with Gasteiger partial charge in [-0.2, -0.15) is 18.4 Å². The van der Waals surface area contributed by atoms with Gasteiger partial charge in [-0.3, -0.25) is 4.79 Å². The number of anilines is 2. The molecule has 0 spiro atoms. The topological polar surface area (TPSA) is 62.1 Å². The zero-order chi connectivity index (χ0) is 25.5. The fourth-order valence-corrected chi connectivity index (χ4v) is 5.47. The molecule has 2 aromatic rings. The maximum absolute atomic E-state index is 12.9. The fraction of sp³-hybridized carbons (Fsp3) is 0.391. The van der Waals surface area contributed by atoms with Crippen LogP contribution in [0.2, 0.25) is 0 Å². The highest BCUT2D eigenvalue weighted by Gasteiger charge is 2.67. The van der Waals surface area contributed by atoms with E-state index in [2.05, 4.69) is 37.2 Å². The van der Waals surface area contributed by atoms with E-state index in [9.17, 15) is 23.2 Å². The van der Waals surface area contributed by atoms with Crippen molar-refractivity contribution in [3.63, 3.8) is 0 Å². The third-order valence-electron chi connectivity index (χ3n) is 5.83. The van der Waals surface area contributed by atoms with Gasteiger partial charge in [-0.05, 0) is 63.7 Å². The van der Waals surface area contributed by atoms with Crippen LogP contribution in [0.4, 0.5) is 24.5 Å². The summed E-state index contributed by atoms with van der Waals surface area (Å²) in [5.41, 5.74) is 0.174. The van der Waals surface area contributed by atoms with Gasteiger partial charge in [0.05, 0.1) is 16.3 Å². The number of nitrogens with one attached hydrogen (secondary N) is 1. The Morgan fingerprint density at radius 1 is 1.18 bits per heavy atom. The molecule has 0 saturated heterocycles. The standard InChI is InChI=1S/C23H19Br2Cl2F3N2O2/c1-21(2)17(19(24)22(25,26)27)18(21)20(33)34-16(11-31)12-4-3-5-15(10-12)32-14-8-6-13(7-9-14)23(28,29)30/h3-10,16-19,32H,1-2H3. The normalized spacial score (nSPS) is 21.2. The van der Waals surface area contributed by atoms with E-state index in [1.807, 2.05) is 19.9 Å². The highest BCUT2D eigenvalue weighted by atomic mass is 79.9. The zero-order valence-electron chi connectivity index (χ0n) is 17.8. The third kappa shape index (κ3) is 6.01. The minimum atomic E-state index is -4.42. The molecule has 0 amide bonds. The molecule has 4 nitrogen and oxygen atoms in total. The second-order valence-electron chi connectivity index (χ2n) is 8.54. The molecule has 2 aromatic carbocycles. The Labute approximate surface area is 222 Å². The molecule has 0 bridgehead atoms. The molecular formula is C23H19Br2Cl2F3N2O2. The summed E-state index contributed by atoms with van der Waals surface area (Å²) in [4.78, 5) is 12.5. The number of esters is 1. The lowest BCUT2D eigenvalue weighted by Gasteiger charge is -2.20. The van der Waals surface area contributed by atoms with Crippen LogP contribution in [0.1, 0.15) is 31.1 Å². The second-order valence-corrected chi connectivity index (χ2v) is 13.1. The largest absolute Gasteiger partial charge is 0.442 e. The Morgan fingerprint density at radius 2 is 1.79 bits per heavy atom. The maximum atomic E-state index is 12.9. The van der Waals surface area contributed by atoms with E-state index in [0.29, 0.717) is 16.9 Å². The number of nitrogens with zero attached hydrogens (tertiary/aromatic N) is 1. The van der Waals surface area contributed by atoms with Crippen LogP contribution in [0.25, 0.3) is 0 Å². The van der Waals surface area contributed by atoms with E-state index in [1.54, 1.807) is 24.3 Å². The Bertz CT molecular complexity index is 1100. The van der Waals surface area contributed by atoms with Crippen LogP contribution in [-0.2, 0) is 15.7 Å². The third-order valence-corrected chi connectivity index (χ3v) is 9.20. The molecule has 34 heavy (non-hydrogen) atoms. The SMILES string of the molecule is CC1(C)C(C(=O)OC(C#N)c2cccc(Nc3ccc(C(F)(F)F)cc3)c2)C1C(Br)C(Cl)(Cl)Br. The summed E-state index contributed by atoms with van der Waals surface area (Å²) >= 11 is 18.9. The molecule has 182 valence electrons. The van der Waals surface area contributed by atoms with Crippen LogP contribution >= 0.6 is 55.1 Å². The fourth-order valence-electron chi connectivity index (χ4n) is 3.92. The molecular weight excluding hydrogens is 624 g/mol. The van der Waals surface area contributed by atoms with Gasteiger partial charge in [0.15, 0.2) is 3.24 Å². The number of rotatable bonds is 7. The first-order valence-corrected chi connectivity index (χ1v) is 12.5. The predicted octanol–water partition coefficient (Wildman–Crippen LogP) is 8.12. The Balaban J connectivity index is 1.71. The zero-order valence-corrected chi connectivity index (χ0v) is 22.5. The van der Waals surface area contributed by atoms with E-state index in [-0.39, 0.29) is 5.92 Å². The molecule has 1 aliphatic carbocycles. The molecule has 0 heterocycles. The molecule has 1 saturated carbocycles. The average Bonchev–Trinajstić information content (AvgIpc) is 3.32. The van der Waals surface area contributed by atoms with Crippen molar-refractivity contribution >= 4 is 72.4 Å². The van der Waals surface area contributed by atoms with Gasteiger partial charge in [-0.1, -0.05) is 65.1 Å². The molecule has 1 N–H and O–H groups in total. The first-order chi connectivity index (χ1) is 15.7. The summed E-state index contributed by atoms with van der Waals surface area (Å²) in [7, 11) is 0. The summed E-state index contributed by atoms with van der Waals surface area (Å²) in [6.07, 6.45) is -5.59. The van der Waals surface area contributed by atoms with Crippen molar-refractivity contribution in [1.29, 1.82) is 5.26 Å². The Hall–Kier alpha value is -1.47. The maximum Gasteiger partial charge on any atom is 0.416 e. The quantitative estimate of drug-likeness (QED) is 0.245. The van der Waals surface area contributed by atoms with Gasteiger partial charge in [0, 0.05) is 16.9 Å². The molecule has 0 radical (unpaired) electrons. The number of carbonyl (C=O) groups is 1. The number of nitriles is 1. The van der Waals surface area contributed by atoms with Crippen molar-refractivity contribution in [3.8, 4) is 6.07 Å². The summed E-state index contributed by atoms with van der Waals surface area (Å²) in [6, 6.07) is 13.1. The molecule has 11 heteroatoms. The van der Waals surface area contributed by atoms with Gasteiger partial charge < -0.3 is 10.1 Å². The minimum Gasteiger partial charge on any atom is -0.442 e. The van der Waals surface area contributed by atoms with E-state index in [1.165, 1.54) is 12.1 Å². The molecule has 0 aromatic heterocycles. The molecule has 3 rings (SSSR count). The van der Waals surface area contributed by atoms with Crippen molar-refractivity contribution in [2.45, 2.75) is 34.2 Å². The molecule has 1 fully saturated rings. The van der Waals surface area contributed by atoms with Crippen molar-refractivity contribution in [2.24, 2.45) is 17.3 Å². The lowest BCUT2D eigenvalue weighted by atomic mass is 10.1. The van der Waals surface area contributed by atoms with E-state index >= 15 is 0 Å². The van der Waals surface area contributed by atoms with Crippen LogP contribution in [-0.4, -0.2) is 14.0 Å². The average molecular weight is 643 g/mol. The highest BCUT2D eigenvalue weighted by molar-refractivity contribution is 9.13. The van der Waals surface area contributed by atoms with Gasteiger partial charge in [-0.25, -0.2) is 0 Å². The van der Waals surface area contributed by atoms with Gasteiger partial charge in [0.1, 0.15) is 6.07 Å². The van der Waals surface area contributed by atoms with Gasteiger partial charge in [0.25, 0.3) is 0 Å². The molecule has 4 atom stereocenters. The van der Waals surface area contributed by atoms with E-state index in [4.69, 9.17) is 27.9 Å². The number of halogens is 7. The van der Waals surface area contributed by atoms with Gasteiger partial charge >= 0.3 is 12.1 Å². The predicted molar refractivity (Wildman–Crippen MR) is 132 cm³/mol. The van der Waals surface area contributed by atoms with Crippen molar-refractivity contribution in [2.75, 3.05) is 5.32 Å². The second kappa shape index (κ2) is 9.88. The summed E-state index contributed by atoms with van der Waals surface area (Å²) in [5.74, 6) is -1.28. The molecule has 4 unspecified atom stereocenters. The summed E-state index contributed by atoms with van der Waals surface area (Å²) < 4.78 is 42.5. The molecule has 0 aliphatic heterocycles. The Kier molecular flexibility index (Phi) is 7.88. The van der Waals surface area contributed by atoms with Crippen molar-refractivity contribution in [3.05, 3.63) is 59.7 Å². The number of ether oxygens (including phenoxy) is 1. The van der Waals surface area contributed by atoms with Gasteiger partial charge in [0.2, 0.25) is 6.10 Å². The highest BCUT2D eigenvalue weighted by Crippen LogP contribution is 2.65. The van der Waals surface area contributed by atoms with Crippen LogP contribution in [0, 0.1) is 28.6 Å². The molecule has 1 aliphatic rings. The smallest absolute Gasteiger partial charge is 0.416 e. The van der Waals surface area contributed by atoms with Crippen molar-refractivity contribution < 1.29 is 22.7 Å². The van der Waals surface area contributed by atoms with Crippen LogP contribution in [0.15, 0.2) is 48.5 Å². The summed E-state index contributed by atoms with van der Waals surface area (Å²) in [5, 5.41) is 12.6. The van der Waals surface area contributed by atoms with E-state index < -0.39 is 43.2 Å². The number of hydrogen-bond donors (Lipinski definition) is 1. The number of carbonyl (C=O) groups excluding carboxylic acids is 1. The first kappa shape index (κ1) is 27.1. The van der Waals surface area contributed by atoms with Crippen LogP contribution in [0.3, 0.4) is 0 Å². The van der Waals surface area contributed by atoms with E-state index in [0.717, 1.165) is 12.1 Å². The van der Waals surface area contributed by atoms with Crippen LogP contribution in [0.5, 0.6) is 0 Å². The van der Waals surface area contributed by atoms with Gasteiger partial charge in [-0.15, -0.1) is 0 Å². The number of hydrogen-bond acceptors (Lipinski definition) is 4. The first-order valence-electron chi connectivity index (χ1n) is 10.0. The summed E-state index contributed by atoms with van der Waals surface area (Å²) in [6.45, 7) is 3.78. The van der Waals surface area contributed by atoms with Crippen LogP contribution < -0.4 is 5.32 Å². The monoisotopic (exact) mass is 640 g/mol. The minimum absolute atomic E-state index is 0.221. The lowest BCUT2D eigenvalue weighted by Crippen LogP contribution is -2.24. The Morgan fingerprint density at radius 3 is 2.32 bits per heavy atom.